The minimum Gasteiger partial charge on any atom is -0.330 e. The molecule has 1 aliphatic rings. The SMILES string of the molecule is CN(C)CC[C@H]1NCCC[C@@H]1CN. The summed E-state index contributed by atoms with van der Waals surface area (Å²) in [5.41, 5.74) is 5.75. The summed E-state index contributed by atoms with van der Waals surface area (Å²) in [4.78, 5) is 2.24. The van der Waals surface area contributed by atoms with Gasteiger partial charge in [0.05, 0.1) is 0 Å². The first-order valence-electron chi connectivity index (χ1n) is 5.32. The summed E-state index contributed by atoms with van der Waals surface area (Å²) in [5.74, 6) is 0.702. The molecule has 1 heterocycles. The molecule has 3 heteroatoms. The first kappa shape index (κ1) is 11.0. The summed E-state index contributed by atoms with van der Waals surface area (Å²) >= 11 is 0. The van der Waals surface area contributed by atoms with E-state index in [0.29, 0.717) is 12.0 Å². The highest BCUT2D eigenvalue weighted by atomic mass is 15.1. The Kier molecular flexibility index (Phi) is 4.70. The van der Waals surface area contributed by atoms with E-state index in [2.05, 4.69) is 24.3 Å². The fourth-order valence-corrected chi connectivity index (χ4v) is 2.04. The van der Waals surface area contributed by atoms with Crippen molar-refractivity contribution in [1.29, 1.82) is 0 Å². The minimum absolute atomic E-state index is 0.654. The highest BCUT2D eigenvalue weighted by Gasteiger charge is 2.22. The molecule has 0 aromatic rings. The molecule has 0 aromatic carbocycles. The third-order valence-corrected chi connectivity index (χ3v) is 2.92. The molecule has 1 saturated heterocycles. The summed E-state index contributed by atoms with van der Waals surface area (Å²) in [5, 5.41) is 3.57. The first-order chi connectivity index (χ1) is 6.24. The van der Waals surface area contributed by atoms with Gasteiger partial charge in [-0.1, -0.05) is 0 Å². The van der Waals surface area contributed by atoms with E-state index in [9.17, 15) is 0 Å². The van der Waals surface area contributed by atoms with Crippen molar-refractivity contribution in [3.63, 3.8) is 0 Å². The normalized spacial score (nSPS) is 29.5. The number of hydrogen-bond acceptors (Lipinski definition) is 3. The summed E-state index contributed by atoms with van der Waals surface area (Å²) < 4.78 is 0. The van der Waals surface area contributed by atoms with Crippen LogP contribution in [0.4, 0.5) is 0 Å². The Morgan fingerprint density at radius 2 is 2.23 bits per heavy atom. The zero-order chi connectivity index (χ0) is 9.68. The van der Waals surface area contributed by atoms with Crippen molar-refractivity contribution in [2.45, 2.75) is 25.3 Å². The van der Waals surface area contributed by atoms with Crippen LogP contribution in [0, 0.1) is 5.92 Å². The van der Waals surface area contributed by atoms with Crippen LogP contribution in [-0.4, -0.2) is 44.7 Å². The molecule has 3 N–H and O–H groups in total. The number of piperidine rings is 1. The van der Waals surface area contributed by atoms with Gasteiger partial charge >= 0.3 is 0 Å². The predicted molar refractivity (Wildman–Crippen MR) is 56.7 cm³/mol. The van der Waals surface area contributed by atoms with E-state index in [-0.39, 0.29) is 0 Å². The van der Waals surface area contributed by atoms with Gasteiger partial charge in [0.1, 0.15) is 0 Å². The number of nitrogens with two attached hydrogens (primary N) is 1. The van der Waals surface area contributed by atoms with E-state index in [1.165, 1.54) is 25.8 Å². The predicted octanol–water partition coefficient (Wildman–Crippen LogP) is 0.265. The lowest BCUT2D eigenvalue weighted by molar-refractivity contribution is 0.250. The fourth-order valence-electron chi connectivity index (χ4n) is 2.04. The lowest BCUT2D eigenvalue weighted by atomic mass is 9.89. The zero-order valence-corrected chi connectivity index (χ0v) is 8.92. The molecule has 0 bridgehead atoms. The third kappa shape index (κ3) is 3.63. The maximum absolute atomic E-state index is 5.75. The van der Waals surface area contributed by atoms with Gasteiger partial charge < -0.3 is 16.0 Å². The molecule has 0 saturated carbocycles. The second-order valence-electron chi connectivity index (χ2n) is 4.29. The molecule has 1 rings (SSSR count). The molecule has 0 aromatic heterocycles. The van der Waals surface area contributed by atoms with Gasteiger partial charge in [-0.3, -0.25) is 0 Å². The van der Waals surface area contributed by atoms with E-state index in [1.54, 1.807) is 0 Å². The Labute approximate surface area is 81.7 Å². The second-order valence-corrected chi connectivity index (χ2v) is 4.29. The second kappa shape index (κ2) is 5.58. The van der Waals surface area contributed by atoms with Crippen LogP contribution < -0.4 is 11.1 Å². The molecule has 0 unspecified atom stereocenters. The summed E-state index contributed by atoms with van der Waals surface area (Å²) in [6.07, 6.45) is 3.83. The van der Waals surface area contributed by atoms with Gasteiger partial charge in [0.25, 0.3) is 0 Å². The van der Waals surface area contributed by atoms with E-state index in [4.69, 9.17) is 5.73 Å². The molecular formula is C10H23N3. The Hall–Kier alpha value is -0.120. The van der Waals surface area contributed by atoms with Crippen molar-refractivity contribution in [2.75, 3.05) is 33.7 Å². The average Bonchev–Trinajstić information content (AvgIpc) is 2.15. The van der Waals surface area contributed by atoms with E-state index < -0.39 is 0 Å². The van der Waals surface area contributed by atoms with Crippen molar-refractivity contribution < 1.29 is 0 Å². The molecule has 0 radical (unpaired) electrons. The van der Waals surface area contributed by atoms with Gasteiger partial charge in [0.2, 0.25) is 0 Å². The molecule has 1 fully saturated rings. The fraction of sp³-hybridized carbons (Fsp3) is 1.00. The summed E-state index contributed by atoms with van der Waals surface area (Å²) in [7, 11) is 4.25. The maximum atomic E-state index is 5.75. The van der Waals surface area contributed by atoms with Gasteiger partial charge in [-0.15, -0.1) is 0 Å². The van der Waals surface area contributed by atoms with Gasteiger partial charge in [-0.05, 0) is 58.9 Å². The van der Waals surface area contributed by atoms with Crippen molar-refractivity contribution in [2.24, 2.45) is 11.7 Å². The van der Waals surface area contributed by atoms with Crippen LogP contribution in [0.1, 0.15) is 19.3 Å². The van der Waals surface area contributed by atoms with Gasteiger partial charge in [-0.2, -0.15) is 0 Å². The van der Waals surface area contributed by atoms with Crippen LogP contribution in [0.3, 0.4) is 0 Å². The Bertz CT molecular complexity index is 136. The molecule has 13 heavy (non-hydrogen) atoms. The van der Waals surface area contributed by atoms with E-state index >= 15 is 0 Å². The smallest absolute Gasteiger partial charge is 0.0119 e. The summed E-state index contributed by atoms with van der Waals surface area (Å²) in [6.45, 7) is 3.17. The Balaban J connectivity index is 2.27. The quantitative estimate of drug-likeness (QED) is 0.660. The average molecular weight is 185 g/mol. The van der Waals surface area contributed by atoms with E-state index in [0.717, 1.165) is 13.1 Å². The Morgan fingerprint density at radius 3 is 2.85 bits per heavy atom. The third-order valence-electron chi connectivity index (χ3n) is 2.92. The molecular weight excluding hydrogens is 162 g/mol. The number of rotatable bonds is 4. The van der Waals surface area contributed by atoms with Crippen LogP contribution in [-0.2, 0) is 0 Å². The molecule has 0 aliphatic carbocycles. The minimum atomic E-state index is 0.654. The van der Waals surface area contributed by atoms with Gasteiger partial charge in [0.15, 0.2) is 0 Å². The van der Waals surface area contributed by atoms with Crippen LogP contribution in [0.15, 0.2) is 0 Å². The Morgan fingerprint density at radius 1 is 1.46 bits per heavy atom. The van der Waals surface area contributed by atoms with Gasteiger partial charge in [0, 0.05) is 6.04 Å². The molecule has 2 atom stereocenters. The topological polar surface area (TPSA) is 41.3 Å². The largest absolute Gasteiger partial charge is 0.330 e. The summed E-state index contributed by atoms with van der Waals surface area (Å²) in [6, 6.07) is 0.654. The zero-order valence-electron chi connectivity index (χ0n) is 8.92. The molecule has 78 valence electrons. The molecule has 0 spiro atoms. The van der Waals surface area contributed by atoms with Crippen LogP contribution in [0.5, 0.6) is 0 Å². The van der Waals surface area contributed by atoms with Crippen molar-refractivity contribution in [1.82, 2.24) is 10.2 Å². The highest BCUT2D eigenvalue weighted by Crippen LogP contribution is 2.17. The first-order valence-corrected chi connectivity index (χ1v) is 5.32. The van der Waals surface area contributed by atoms with Crippen molar-refractivity contribution >= 4 is 0 Å². The monoisotopic (exact) mass is 185 g/mol. The van der Waals surface area contributed by atoms with Crippen LogP contribution >= 0.6 is 0 Å². The van der Waals surface area contributed by atoms with Crippen molar-refractivity contribution in [3.05, 3.63) is 0 Å². The maximum Gasteiger partial charge on any atom is 0.0119 e. The number of nitrogens with zero attached hydrogens (tertiary/aromatic N) is 1. The molecule has 1 aliphatic heterocycles. The lowest BCUT2D eigenvalue weighted by Gasteiger charge is -2.32. The molecule has 0 amide bonds. The van der Waals surface area contributed by atoms with Gasteiger partial charge in [-0.25, -0.2) is 0 Å². The molecule has 3 nitrogen and oxygen atoms in total. The lowest BCUT2D eigenvalue weighted by Crippen LogP contribution is -2.45. The van der Waals surface area contributed by atoms with Crippen LogP contribution in [0.2, 0.25) is 0 Å². The van der Waals surface area contributed by atoms with Crippen LogP contribution in [0.25, 0.3) is 0 Å². The highest BCUT2D eigenvalue weighted by molar-refractivity contribution is 4.82. The number of hydrogen-bond donors (Lipinski definition) is 2. The van der Waals surface area contributed by atoms with Crippen molar-refractivity contribution in [3.8, 4) is 0 Å². The standard InChI is InChI=1S/C10H23N3/c1-13(2)7-5-10-9(8-11)4-3-6-12-10/h9-10,12H,3-8,11H2,1-2H3/t9-,10-/m1/s1. The number of nitrogens with one attached hydrogen (secondary N) is 1. The van der Waals surface area contributed by atoms with E-state index in [1.807, 2.05) is 0 Å².